The van der Waals surface area contributed by atoms with Gasteiger partial charge in [-0.1, -0.05) is 43.2 Å². The van der Waals surface area contributed by atoms with Gasteiger partial charge in [0.2, 0.25) is 5.78 Å². The molecule has 3 heterocycles. The van der Waals surface area contributed by atoms with Crippen LogP contribution >= 0.6 is 11.3 Å². The van der Waals surface area contributed by atoms with Crippen LogP contribution in [0.2, 0.25) is 0 Å². The molecule has 8 nitrogen and oxygen atoms in total. The van der Waals surface area contributed by atoms with Crippen LogP contribution < -0.4 is 9.64 Å². The summed E-state index contributed by atoms with van der Waals surface area (Å²) in [4.78, 5) is 45.0. The van der Waals surface area contributed by atoms with E-state index in [1.807, 2.05) is 0 Å². The van der Waals surface area contributed by atoms with E-state index in [0.29, 0.717) is 34.3 Å². The monoisotopic (exact) mass is 508 g/mol. The second-order valence-electron chi connectivity index (χ2n) is 8.67. The van der Waals surface area contributed by atoms with Crippen molar-refractivity contribution in [1.82, 2.24) is 4.98 Å². The van der Waals surface area contributed by atoms with Crippen molar-refractivity contribution in [3.05, 3.63) is 75.4 Å². The highest BCUT2D eigenvalue weighted by atomic mass is 32.1. The van der Waals surface area contributed by atoms with E-state index >= 15 is 0 Å². The fourth-order valence-electron chi connectivity index (χ4n) is 4.17. The molecule has 1 N–H and O–H groups in total. The van der Waals surface area contributed by atoms with Crippen molar-refractivity contribution in [2.45, 2.75) is 53.0 Å². The zero-order valence-electron chi connectivity index (χ0n) is 20.7. The van der Waals surface area contributed by atoms with E-state index in [2.05, 4.69) is 11.9 Å². The number of hydrogen-bond donors (Lipinski definition) is 1. The van der Waals surface area contributed by atoms with Gasteiger partial charge in [0.25, 0.3) is 5.91 Å². The van der Waals surface area contributed by atoms with Gasteiger partial charge in [0.15, 0.2) is 22.4 Å². The van der Waals surface area contributed by atoms with Crippen molar-refractivity contribution in [2.75, 3.05) is 11.5 Å². The Morgan fingerprint density at radius 1 is 1.19 bits per heavy atom. The first-order valence-electron chi connectivity index (χ1n) is 11.8. The first kappa shape index (κ1) is 25.4. The molecule has 0 saturated carbocycles. The summed E-state index contributed by atoms with van der Waals surface area (Å²) in [5.74, 6) is -1.10. The zero-order chi connectivity index (χ0) is 26.0. The highest BCUT2D eigenvalue weighted by Gasteiger charge is 2.46. The van der Waals surface area contributed by atoms with Gasteiger partial charge in [-0.2, -0.15) is 0 Å². The van der Waals surface area contributed by atoms with E-state index in [4.69, 9.17) is 9.15 Å². The standard InChI is InChI=1S/C27H28N2O6S/c1-5-6-7-13-34-19-10-8-9-18(14-19)22-21(23(31)20-12-11-15(2)35-20)24(32)26(33)29(22)27-28-16(3)25(36-27)17(4)30/h8-12,14,22,32H,5-7,13H2,1-4H3. The first-order valence-corrected chi connectivity index (χ1v) is 12.6. The van der Waals surface area contributed by atoms with Crippen molar-refractivity contribution in [1.29, 1.82) is 0 Å². The molecule has 4 rings (SSSR count). The van der Waals surface area contributed by atoms with Gasteiger partial charge in [-0.15, -0.1) is 0 Å². The van der Waals surface area contributed by atoms with E-state index in [1.54, 1.807) is 44.2 Å². The highest BCUT2D eigenvalue weighted by Crippen LogP contribution is 2.44. The molecule has 1 amide bonds. The average molecular weight is 509 g/mol. The minimum absolute atomic E-state index is 0.0143. The number of unbranched alkanes of at least 4 members (excludes halogenated alkanes) is 2. The number of amides is 1. The Labute approximate surface area is 213 Å². The normalized spacial score (nSPS) is 15.6. The quantitative estimate of drug-likeness (QED) is 0.268. The molecule has 1 atom stereocenters. The maximum Gasteiger partial charge on any atom is 0.296 e. The molecule has 1 unspecified atom stereocenters. The number of aliphatic hydroxyl groups is 1. The summed E-state index contributed by atoms with van der Waals surface area (Å²) >= 11 is 1.05. The molecule has 0 aliphatic carbocycles. The van der Waals surface area contributed by atoms with Crippen LogP contribution in [0.4, 0.5) is 5.13 Å². The smallest absolute Gasteiger partial charge is 0.296 e. The number of carbonyl (C=O) groups excluding carboxylic acids is 3. The predicted octanol–water partition coefficient (Wildman–Crippen LogP) is 5.91. The minimum Gasteiger partial charge on any atom is -0.503 e. The summed E-state index contributed by atoms with van der Waals surface area (Å²) in [6.07, 6.45) is 3.02. The summed E-state index contributed by atoms with van der Waals surface area (Å²) in [6.45, 7) is 7.47. The SMILES string of the molecule is CCCCCOc1cccc(C2C(C(=O)c3ccc(C)o3)=C(O)C(=O)N2c2nc(C)c(C(C)=O)s2)c1. The lowest BCUT2D eigenvalue weighted by atomic mass is 9.95. The number of thiazole rings is 1. The van der Waals surface area contributed by atoms with Crippen molar-refractivity contribution in [3.8, 4) is 5.75 Å². The number of carbonyl (C=O) groups is 3. The number of ketones is 2. The van der Waals surface area contributed by atoms with Crippen molar-refractivity contribution < 1.29 is 28.6 Å². The van der Waals surface area contributed by atoms with Gasteiger partial charge in [-0.25, -0.2) is 4.98 Å². The zero-order valence-corrected chi connectivity index (χ0v) is 21.5. The Hall–Kier alpha value is -3.72. The van der Waals surface area contributed by atoms with Gasteiger partial charge in [0.1, 0.15) is 11.5 Å². The van der Waals surface area contributed by atoms with Crippen LogP contribution in [-0.4, -0.2) is 34.2 Å². The molecule has 1 aliphatic rings. The van der Waals surface area contributed by atoms with Crippen molar-refractivity contribution >= 4 is 33.9 Å². The van der Waals surface area contributed by atoms with E-state index in [9.17, 15) is 19.5 Å². The Morgan fingerprint density at radius 2 is 1.97 bits per heavy atom. The number of aliphatic hydroxyl groups excluding tert-OH is 1. The second kappa shape index (κ2) is 10.5. The number of ether oxygens (including phenoxy) is 1. The van der Waals surface area contributed by atoms with E-state index in [-0.39, 0.29) is 22.2 Å². The Bertz CT molecular complexity index is 1350. The summed E-state index contributed by atoms with van der Waals surface area (Å²) < 4.78 is 11.4. The maximum atomic E-state index is 13.5. The van der Waals surface area contributed by atoms with Crippen LogP contribution in [0.3, 0.4) is 0 Å². The molecule has 1 aromatic carbocycles. The number of hydrogen-bond acceptors (Lipinski definition) is 8. The minimum atomic E-state index is -0.986. The molecular weight excluding hydrogens is 480 g/mol. The highest BCUT2D eigenvalue weighted by molar-refractivity contribution is 7.17. The summed E-state index contributed by atoms with van der Waals surface area (Å²) in [5.41, 5.74) is 0.918. The molecule has 0 radical (unpaired) electrons. The van der Waals surface area contributed by atoms with Gasteiger partial charge >= 0.3 is 0 Å². The van der Waals surface area contributed by atoms with Crippen molar-refractivity contribution in [2.24, 2.45) is 0 Å². The molecule has 188 valence electrons. The van der Waals surface area contributed by atoms with Gasteiger partial charge in [-0.05, 0) is 50.1 Å². The third-order valence-corrected chi connectivity index (χ3v) is 7.18. The van der Waals surface area contributed by atoms with Crippen molar-refractivity contribution in [3.63, 3.8) is 0 Å². The van der Waals surface area contributed by atoms with E-state index in [0.717, 1.165) is 30.6 Å². The first-order chi connectivity index (χ1) is 17.2. The van der Waals surface area contributed by atoms with Crippen LogP contribution in [0, 0.1) is 13.8 Å². The van der Waals surface area contributed by atoms with Crippen LogP contribution in [0.5, 0.6) is 5.75 Å². The van der Waals surface area contributed by atoms with Crippen LogP contribution in [0.25, 0.3) is 0 Å². The van der Waals surface area contributed by atoms with Gasteiger partial charge < -0.3 is 14.3 Å². The number of aromatic nitrogens is 1. The van der Waals surface area contributed by atoms with Gasteiger partial charge in [0, 0.05) is 6.92 Å². The average Bonchev–Trinajstić information content (AvgIpc) is 3.53. The Kier molecular flexibility index (Phi) is 7.40. The number of furan rings is 1. The lowest BCUT2D eigenvalue weighted by molar-refractivity contribution is -0.117. The lowest BCUT2D eigenvalue weighted by Crippen LogP contribution is -2.31. The van der Waals surface area contributed by atoms with E-state index < -0.39 is 23.5 Å². The molecule has 9 heteroatoms. The third kappa shape index (κ3) is 4.83. The predicted molar refractivity (Wildman–Crippen MR) is 136 cm³/mol. The molecule has 0 spiro atoms. The molecule has 0 bridgehead atoms. The summed E-state index contributed by atoms with van der Waals surface area (Å²) in [7, 11) is 0. The van der Waals surface area contributed by atoms with Gasteiger partial charge in [0.05, 0.1) is 28.8 Å². The number of rotatable bonds is 10. The van der Waals surface area contributed by atoms with Crippen LogP contribution in [0.15, 0.2) is 52.1 Å². The number of aryl methyl sites for hydroxylation is 2. The number of benzene rings is 1. The number of Topliss-reactive ketones (excluding diaryl/α,β-unsaturated/α-hetero) is 2. The molecule has 3 aromatic rings. The summed E-state index contributed by atoms with van der Waals surface area (Å²) in [5, 5.41) is 11.1. The molecule has 0 saturated heterocycles. The molecule has 36 heavy (non-hydrogen) atoms. The second-order valence-corrected chi connectivity index (χ2v) is 9.65. The largest absolute Gasteiger partial charge is 0.503 e. The number of anilines is 1. The maximum absolute atomic E-state index is 13.5. The Morgan fingerprint density at radius 3 is 2.61 bits per heavy atom. The van der Waals surface area contributed by atoms with Crippen LogP contribution in [-0.2, 0) is 4.79 Å². The Balaban J connectivity index is 1.80. The molecular formula is C27H28N2O6S. The summed E-state index contributed by atoms with van der Waals surface area (Å²) in [6, 6.07) is 9.26. The lowest BCUT2D eigenvalue weighted by Gasteiger charge is -2.24. The number of nitrogens with zero attached hydrogens (tertiary/aromatic N) is 2. The van der Waals surface area contributed by atoms with Gasteiger partial charge in [-0.3, -0.25) is 19.3 Å². The molecule has 2 aromatic heterocycles. The topological polar surface area (TPSA) is 110 Å². The third-order valence-electron chi connectivity index (χ3n) is 5.92. The van der Waals surface area contributed by atoms with E-state index in [1.165, 1.54) is 17.9 Å². The fourth-order valence-corrected chi connectivity index (χ4v) is 5.16. The fraction of sp³-hybridized carbons (Fsp3) is 0.333. The molecule has 1 aliphatic heterocycles. The van der Waals surface area contributed by atoms with Crippen LogP contribution in [0.1, 0.15) is 76.4 Å². The molecule has 0 fully saturated rings.